The Hall–Kier alpha value is -2.12. The Morgan fingerprint density at radius 2 is 0.976 bits per heavy atom. The molecule has 0 aliphatic heterocycles. The molecule has 0 aromatic rings. The van der Waals surface area contributed by atoms with Gasteiger partial charge >= 0.3 is 17.9 Å². The van der Waals surface area contributed by atoms with Crippen molar-refractivity contribution >= 4 is 23.8 Å². The molecule has 0 fully saturated rings. The van der Waals surface area contributed by atoms with Gasteiger partial charge < -0.3 is 19.9 Å². The van der Waals surface area contributed by atoms with Gasteiger partial charge in [-0.25, -0.2) is 4.79 Å². The van der Waals surface area contributed by atoms with E-state index in [0.29, 0.717) is 6.61 Å². The number of nitrogens with one attached hydrogen (secondary N) is 1. The van der Waals surface area contributed by atoms with Gasteiger partial charge in [0.25, 0.3) is 0 Å². The van der Waals surface area contributed by atoms with Crippen LogP contribution < -0.4 is 5.32 Å². The Balaban J connectivity index is 4.28. The molecule has 41 heavy (non-hydrogen) atoms. The van der Waals surface area contributed by atoms with Crippen LogP contribution in [0, 0.1) is 0 Å². The summed E-state index contributed by atoms with van der Waals surface area (Å²) < 4.78 is 10.7. The standard InChI is InChI=1S/C33H61NO7/c1-3-5-7-9-11-13-15-17-19-21-26-40-32(38)28-29(34-30(35)24-23-25-31(36)37)33(39)41-27-22-20-18-16-14-12-10-8-6-4-2/h29H,3-28H2,1-2H3,(H,34,35)(H,36,37)/t29-/m0/s1. The molecule has 0 unspecified atom stereocenters. The van der Waals surface area contributed by atoms with Gasteiger partial charge in [-0.2, -0.15) is 0 Å². The summed E-state index contributed by atoms with van der Waals surface area (Å²) in [6.07, 6.45) is 23.2. The first-order chi connectivity index (χ1) is 19.9. The maximum atomic E-state index is 12.7. The minimum atomic E-state index is -1.13. The number of hydrogen-bond donors (Lipinski definition) is 2. The SMILES string of the molecule is CCCCCCCCCCCCOC(=O)C[C@H](NC(=O)CCCC(=O)O)C(=O)OCCCCCCCCCCCC. The lowest BCUT2D eigenvalue weighted by Gasteiger charge is -2.17. The minimum Gasteiger partial charge on any atom is -0.481 e. The van der Waals surface area contributed by atoms with Gasteiger partial charge in [-0.05, 0) is 19.3 Å². The van der Waals surface area contributed by atoms with E-state index in [1.807, 2.05) is 0 Å². The molecule has 8 heteroatoms. The van der Waals surface area contributed by atoms with E-state index in [-0.39, 0.29) is 32.3 Å². The van der Waals surface area contributed by atoms with Gasteiger partial charge in [-0.3, -0.25) is 14.4 Å². The number of aliphatic carboxylic acids is 1. The first-order valence-electron chi connectivity index (χ1n) is 16.7. The van der Waals surface area contributed by atoms with Crippen LogP contribution in [0.5, 0.6) is 0 Å². The third-order valence-corrected chi connectivity index (χ3v) is 7.29. The molecule has 0 aliphatic carbocycles. The Morgan fingerprint density at radius 3 is 1.41 bits per heavy atom. The molecule has 8 nitrogen and oxygen atoms in total. The summed E-state index contributed by atoms with van der Waals surface area (Å²) in [5.41, 5.74) is 0. The number of carboxylic acids is 1. The van der Waals surface area contributed by atoms with Gasteiger partial charge in [-0.1, -0.05) is 129 Å². The molecule has 240 valence electrons. The summed E-state index contributed by atoms with van der Waals surface area (Å²) >= 11 is 0. The minimum absolute atomic E-state index is 0.0395. The van der Waals surface area contributed by atoms with Crippen LogP contribution in [0.15, 0.2) is 0 Å². The van der Waals surface area contributed by atoms with E-state index in [4.69, 9.17) is 14.6 Å². The normalized spacial score (nSPS) is 11.7. The monoisotopic (exact) mass is 583 g/mol. The molecule has 0 bridgehead atoms. The fourth-order valence-electron chi connectivity index (χ4n) is 4.72. The predicted octanol–water partition coefficient (Wildman–Crippen LogP) is 8.04. The number of ether oxygens (including phenoxy) is 2. The highest BCUT2D eigenvalue weighted by Crippen LogP contribution is 2.12. The zero-order chi connectivity index (χ0) is 30.4. The van der Waals surface area contributed by atoms with Crippen LogP contribution in [-0.4, -0.2) is 48.2 Å². The first kappa shape index (κ1) is 38.9. The van der Waals surface area contributed by atoms with Crippen LogP contribution in [0.2, 0.25) is 0 Å². The van der Waals surface area contributed by atoms with Crippen LogP contribution in [0.25, 0.3) is 0 Å². The van der Waals surface area contributed by atoms with Gasteiger partial charge in [0.05, 0.1) is 19.6 Å². The maximum Gasteiger partial charge on any atom is 0.329 e. The zero-order valence-corrected chi connectivity index (χ0v) is 26.4. The van der Waals surface area contributed by atoms with Gasteiger partial charge in [0.2, 0.25) is 5.91 Å². The number of rotatable bonds is 30. The molecule has 1 atom stereocenters. The number of carbonyl (C=O) groups excluding carboxylic acids is 3. The van der Waals surface area contributed by atoms with E-state index in [2.05, 4.69) is 19.2 Å². The Morgan fingerprint density at radius 1 is 0.561 bits per heavy atom. The van der Waals surface area contributed by atoms with Gasteiger partial charge in [0.1, 0.15) is 6.04 Å². The lowest BCUT2D eigenvalue weighted by atomic mass is 10.1. The van der Waals surface area contributed by atoms with Crippen molar-refractivity contribution in [1.82, 2.24) is 5.32 Å². The van der Waals surface area contributed by atoms with Crippen LogP contribution in [-0.2, 0) is 28.7 Å². The molecule has 0 heterocycles. The molecule has 0 aromatic carbocycles. The van der Waals surface area contributed by atoms with E-state index in [1.54, 1.807) is 0 Å². The van der Waals surface area contributed by atoms with Crippen LogP contribution in [0.4, 0.5) is 0 Å². The highest BCUT2D eigenvalue weighted by molar-refractivity contribution is 5.88. The largest absolute Gasteiger partial charge is 0.481 e. The molecule has 0 aromatic heterocycles. The zero-order valence-electron chi connectivity index (χ0n) is 26.4. The van der Waals surface area contributed by atoms with Crippen molar-refractivity contribution in [2.24, 2.45) is 0 Å². The van der Waals surface area contributed by atoms with E-state index in [0.717, 1.165) is 38.5 Å². The summed E-state index contributed by atoms with van der Waals surface area (Å²) in [6.45, 7) is 4.98. The molecule has 1 amide bonds. The summed E-state index contributed by atoms with van der Waals surface area (Å²) in [5, 5.41) is 11.3. The number of carbonyl (C=O) groups is 4. The molecular formula is C33H61NO7. The van der Waals surface area contributed by atoms with Crippen LogP contribution >= 0.6 is 0 Å². The second-order valence-electron chi connectivity index (χ2n) is 11.3. The first-order valence-corrected chi connectivity index (χ1v) is 16.7. The molecular weight excluding hydrogens is 522 g/mol. The van der Waals surface area contributed by atoms with Crippen molar-refractivity contribution in [2.75, 3.05) is 13.2 Å². The van der Waals surface area contributed by atoms with Crippen molar-refractivity contribution in [3.8, 4) is 0 Å². The third-order valence-electron chi connectivity index (χ3n) is 7.29. The molecule has 0 saturated heterocycles. The Bertz CT molecular complexity index is 668. The van der Waals surface area contributed by atoms with Crippen molar-refractivity contribution in [3.63, 3.8) is 0 Å². The summed E-state index contributed by atoms with van der Waals surface area (Å²) in [7, 11) is 0. The predicted molar refractivity (Wildman–Crippen MR) is 164 cm³/mol. The second kappa shape index (κ2) is 29.4. The topological polar surface area (TPSA) is 119 Å². The maximum absolute atomic E-state index is 12.7. The summed E-state index contributed by atoms with van der Waals surface area (Å²) in [6, 6.07) is -1.13. The summed E-state index contributed by atoms with van der Waals surface area (Å²) in [5.74, 6) is -2.66. The smallest absolute Gasteiger partial charge is 0.329 e. The number of unbranched alkanes of at least 4 members (excludes halogenated alkanes) is 18. The molecule has 0 radical (unpaired) electrons. The fourth-order valence-corrected chi connectivity index (χ4v) is 4.72. The van der Waals surface area contributed by atoms with Crippen LogP contribution in [0.3, 0.4) is 0 Å². The van der Waals surface area contributed by atoms with Gasteiger partial charge in [0.15, 0.2) is 0 Å². The summed E-state index contributed by atoms with van der Waals surface area (Å²) in [4.78, 5) is 48.1. The molecule has 0 spiro atoms. The van der Waals surface area contributed by atoms with Crippen LogP contribution in [0.1, 0.15) is 168 Å². The fraction of sp³-hybridized carbons (Fsp3) is 0.879. The quantitative estimate of drug-likeness (QED) is 0.0648. The van der Waals surface area contributed by atoms with Crippen molar-refractivity contribution < 1.29 is 33.8 Å². The van der Waals surface area contributed by atoms with Crippen molar-refractivity contribution in [1.29, 1.82) is 0 Å². The Labute approximate surface area is 250 Å². The van der Waals surface area contributed by atoms with Gasteiger partial charge in [0, 0.05) is 12.8 Å². The van der Waals surface area contributed by atoms with Crippen molar-refractivity contribution in [3.05, 3.63) is 0 Å². The number of amides is 1. The molecule has 0 saturated carbocycles. The van der Waals surface area contributed by atoms with Gasteiger partial charge in [-0.15, -0.1) is 0 Å². The molecule has 2 N–H and O–H groups in total. The Kier molecular flexibility index (Phi) is 27.9. The molecule has 0 aliphatic rings. The average molecular weight is 584 g/mol. The average Bonchev–Trinajstić information content (AvgIpc) is 2.94. The van der Waals surface area contributed by atoms with Crippen molar-refractivity contribution in [2.45, 2.75) is 174 Å². The second-order valence-corrected chi connectivity index (χ2v) is 11.3. The molecule has 0 rings (SSSR count). The van der Waals surface area contributed by atoms with E-state index >= 15 is 0 Å². The van der Waals surface area contributed by atoms with E-state index in [9.17, 15) is 19.2 Å². The highest BCUT2D eigenvalue weighted by atomic mass is 16.5. The number of esters is 2. The lowest BCUT2D eigenvalue weighted by molar-refractivity contribution is -0.154. The highest BCUT2D eigenvalue weighted by Gasteiger charge is 2.26. The number of hydrogen-bond acceptors (Lipinski definition) is 6. The van der Waals surface area contributed by atoms with E-state index < -0.39 is 29.9 Å². The lowest BCUT2D eigenvalue weighted by Crippen LogP contribution is -2.43. The third kappa shape index (κ3) is 27.8. The number of carboxylic acid groups (broad SMARTS) is 1. The van der Waals surface area contributed by atoms with E-state index in [1.165, 1.54) is 89.9 Å².